The van der Waals surface area contributed by atoms with Crippen LogP contribution in [-0.4, -0.2) is 18.9 Å². The van der Waals surface area contributed by atoms with Gasteiger partial charge in [-0.3, -0.25) is 9.59 Å². The minimum absolute atomic E-state index is 0.158. The van der Waals surface area contributed by atoms with Gasteiger partial charge in [-0.25, -0.2) is 0 Å². The van der Waals surface area contributed by atoms with Crippen molar-refractivity contribution in [1.29, 1.82) is 5.26 Å². The molecular weight excluding hydrogens is 334 g/mol. The molecule has 2 N–H and O–H groups in total. The highest BCUT2D eigenvalue weighted by Crippen LogP contribution is 2.37. The van der Waals surface area contributed by atoms with Gasteiger partial charge in [-0.2, -0.15) is 5.26 Å². The van der Waals surface area contributed by atoms with E-state index in [0.29, 0.717) is 21.7 Å². The van der Waals surface area contributed by atoms with Crippen LogP contribution in [0, 0.1) is 11.3 Å². The van der Waals surface area contributed by atoms with Crippen LogP contribution in [0.5, 0.6) is 0 Å². The first-order chi connectivity index (χ1) is 12.1. The Hall–Kier alpha value is -2.65. The van der Waals surface area contributed by atoms with E-state index in [9.17, 15) is 9.59 Å². The van der Waals surface area contributed by atoms with Gasteiger partial charge in [0.2, 0.25) is 0 Å². The molecule has 3 rings (SSSR count). The van der Waals surface area contributed by atoms with Crippen LogP contribution in [-0.2, 0) is 12.8 Å². The first-order valence-electron chi connectivity index (χ1n) is 8.32. The van der Waals surface area contributed by atoms with Crippen LogP contribution in [0.3, 0.4) is 0 Å². The maximum atomic E-state index is 12.5. The van der Waals surface area contributed by atoms with Crippen LogP contribution < -0.4 is 10.6 Å². The zero-order chi connectivity index (χ0) is 17.8. The molecule has 1 aromatic heterocycles. The van der Waals surface area contributed by atoms with Crippen molar-refractivity contribution < 1.29 is 9.59 Å². The van der Waals surface area contributed by atoms with Gasteiger partial charge in [0.05, 0.1) is 17.2 Å². The van der Waals surface area contributed by atoms with E-state index in [1.54, 1.807) is 31.3 Å². The fourth-order valence-electron chi connectivity index (χ4n) is 3.07. The molecule has 1 aliphatic rings. The Morgan fingerprint density at radius 3 is 2.48 bits per heavy atom. The first kappa shape index (κ1) is 17.2. The largest absolute Gasteiger partial charge is 0.355 e. The summed E-state index contributed by atoms with van der Waals surface area (Å²) in [7, 11) is 1.61. The molecule has 25 heavy (non-hydrogen) atoms. The molecule has 2 aromatic rings. The Kier molecular flexibility index (Phi) is 5.15. The van der Waals surface area contributed by atoms with Crippen molar-refractivity contribution in [3.8, 4) is 6.07 Å². The minimum atomic E-state index is -0.272. The fourth-order valence-corrected chi connectivity index (χ4v) is 4.35. The lowest BCUT2D eigenvalue weighted by Gasteiger charge is -2.08. The Labute approximate surface area is 150 Å². The number of thiophene rings is 1. The Morgan fingerprint density at radius 1 is 1.08 bits per heavy atom. The highest BCUT2D eigenvalue weighted by molar-refractivity contribution is 7.17. The number of anilines is 1. The molecule has 1 aliphatic carbocycles. The normalized spacial score (nSPS) is 13.3. The average molecular weight is 353 g/mol. The summed E-state index contributed by atoms with van der Waals surface area (Å²) < 4.78 is 0. The van der Waals surface area contributed by atoms with Crippen LogP contribution in [0.25, 0.3) is 0 Å². The summed E-state index contributed by atoms with van der Waals surface area (Å²) in [6, 6.07) is 8.48. The highest BCUT2D eigenvalue weighted by Gasteiger charge is 2.25. The lowest BCUT2D eigenvalue weighted by atomic mass is 10.0. The van der Waals surface area contributed by atoms with Gasteiger partial charge in [0.15, 0.2) is 0 Å². The highest BCUT2D eigenvalue weighted by atomic mass is 32.1. The summed E-state index contributed by atoms with van der Waals surface area (Å²) >= 11 is 1.50. The van der Waals surface area contributed by atoms with Crippen molar-refractivity contribution in [2.75, 3.05) is 12.4 Å². The van der Waals surface area contributed by atoms with E-state index < -0.39 is 0 Å². The van der Waals surface area contributed by atoms with E-state index in [2.05, 4.69) is 10.6 Å². The standard InChI is InChI=1S/C19H19N3O2S/c1-21-18(24)16-14-5-3-2-4-6-15(14)25-19(16)22-17(23)13-9-7-12(11-20)8-10-13/h7-10H,2-6H2,1H3,(H,21,24)(H,22,23). The van der Waals surface area contributed by atoms with E-state index in [1.807, 2.05) is 6.07 Å². The van der Waals surface area contributed by atoms with Crippen molar-refractivity contribution in [1.82, 2.24) is 5.32 Å². The smallest absolute Gasteiger partial charge is 0.256 e. The molecule has 0 spiro atoms. The maximum Gasteiger partial charge on any atom is 0.256 e. The molecule has 0 radical (unpaired) electrons. The van der Waals surface area contributed by atoms with Crippen LogP contribution in [0.15, 0.2) is 24.3 Å². The average Bonchev–Trinajstić information content (AvgIpc) is 2.81. The summed E-state index contributed by atoms with van der Waals surface area (Å²) in [5.74, 6) is -0.430. The second-order valence-corrected chi connectivity index (χ2v) is 7.10. The first-order valence-corrected chi connectivity index (χ1v) is 9.14. The molecule has 0 saturated heterocycles. The monoisotopic (exact) mass is 353 g/mol. The predicted molar refractivity (Wildman–Crippen MR) is 98.1 cm³/mol. The zero-order valence-corrected chi connectivity index (χ0v) is 14.8. The molecular formula is C19H19N3O2S. The molecule has 6 heteroatoms. The van der Waals surface area contributed by atoms with Crippen molar-refractivity contribution in [3.05, 3.63) is 51.4 Å². The van der Waals surface area contributed by atoms with Gasteiger partial charge in [-0.1, -0.05) is 6.42 Å². The lowest BCUT2D eigenvalue weighted by Crippen LogP contribution is -2.21. The van der Waals surface area contributed by atoms with Gasteiger partial charge < -0.3 is 10.6 Å². The topological polar surface area (TPSA) is 82.0 Å². The van der Waals surface area contributed by atoms with Gasteiger partial charge in [-0.05, 0) is 55.5 Å². The molecule has 1 heterocycles. The summed E-state index contributed by atoms with van der Waals surface area (Å²) in [6.45, 7) is 0. The third-order valence-electron chi connectivity index (χ3n) is 4.38. The van der Waals surface area contributed by atoms with Crippen molar-refractivity contribution >= 4 is 28.2 Å². The van der Waals surface area contributed by atoms with Crippen LogP contribution in [0.1, 0.15) is 56.0 Å². The molecule has 2 amide bonds. The minimum Gasteiger partial charge on any atom is -0.355 e. The fraction of sp³-hybridized carbons (Fsp3) is 0.316. The molecule has 1 aromatic carbocycles. The predicted octanol–water partition coefficient (Wildman–Crippen LogP) is 3.50. The number of hydrogen-bond acceptors (Lipinski definition) is 4. The van der Waals surface area contributed by atoms with Crippen LogP contribution >= 0.6 is 11.3 Å². The van der Waals surface area contributed by atoms with Crippen LogP contribution in [0.2, 0.25) is 0 Å². The summed E-state index contributed by atoms with van der Waals surface area (Å²) in [6.07, 6.45) is 5.18. The molecule has 0 bridgehead atoms. The third-order valence-corrected chi connectivity index (χ3v) is 5.59. The summed E-state index contributed by atoms with van der Waals surface area (Å²) in [5.41, 5.74) is 2.65. The van der Waals surface area contributed by atoms with E-state index in [1.165, 1.54) is 22.6 Å². The number of nitrogens with zero attached hydrogens (tertiary/aromatic N) is 1. The molecule has 0 aliphatic heterocycles. The molecule has 0 unspecified atom stereocenters. The van der Waals surface area contributed by atoms with Crippen molar-refractivity contribution in [2.24, 2.45) is 0 Å². The number of hydrogen-bond donors (Lipinski definition) is 2. The van der Waals surface area contributed by atoms with E-state index in [-0.39, 0.29) is 11.8 Å². The molecule has 0 atom stereocenters. The zero-order valence-electron chi connectivity index (χ0n) is 14.0. The van der Waals surface area contributed by atoms with Crippen molar-refractivity contribution in [3.63, 3.8) is 0 Å². The molecule has 5 nitrogen and oxygen atoms in total. The SMILES string of the molecule is CNC(=O)c1c(NC(=O)c2ccc(C#N)cc2)sc2c1CCCCC2. The maximum absolute atomic E-state index is 12.5. The number of nitrogens with one attached hydrogen (secondary N) is 2. The Morgan fingerprint density at radius 2 is 1.80 bits per heavy atom. The number of aryl methyl sites for hydroxylation is 1. The van der Waals surface area contributed by atoms with E-state index in [4.69, 9.17) is 5.26 Å². The van der Waals surface area contributed by atoms with Gasteiger partial charge in [0.1, 0.15) is 5.00 Å². The van der Waals surface area contributed by atoms with Crippen LogP contribution in [0.4, 0.5) is 5.00 Å². The Bertz CT molecular complexity index is 847. The second kappa shape index (κ2) is 7.49. The van der Waals surface area contributed by atoms with Gasteiger partial charge in [0, 0.05) is 17.5 Å². The van der Waals surface area contributed by atoms with Crippen molar-refractivity contribution in [2.45, 2.75) is 32.1 Å². The lowest BCUT2D eigenvalue weighted by molar-refractivity contribution is 0.0963. The quantitative estimate of drug-likeness (QED) is 0.829. The summed E-state index contributed by atoms with van der Waals surface area (Å²) in [5, 5.41) is 15.0. The van der Waals surface area contributed by atoms with Gasteiger partial charge in [-0.15, -0.1) is 11.3 Å². The number of benzene rings is 1. The third kappa shape index (κ3) is 3.57. The number of rotatable bonds is 3. The molecule has 0 saturated carbocycles. The number of amides is 2. The van der Waals surface area contributed by atoms with E-state index in [0.717, 1.165) is 31.2 Å². The van der Waals surface area contributed by atoms with Gasteiger partial charge >= 0.3 is 0 Å². The number of carbonyl (C=O) groups excluding carboxylic acids is 2. The molecule has 128 valence electrons. The van der Waals surface area contributed by atoms with Gasteiger partial charge in [0.25, 0.3) is 11.8 Å². The number of carbonyl (C=O) groups is 2. The number of fused-ring (bicyclic) bond motifs is 1. The number of nitriles is 1. The second-order valence-electron chi connectivity index (χ2n) is 5.99. The Balaban J connectivity index is 1.92. The molecule has 0 fully saturated rings. The van der Waals surface area contributed by atoms with E-state index >= 15 is 0 Å². The summed E-state index contributed by atoms with van der Waals surface area (Å²) in [4.78, 5) is 26.1.